The van der Waals surface area contributed by atoms with Crippen LogP contribution in [0.1, 0.15) is 27.8 Å². The van der Waals surface area contributed by atoms with E-state index in [1.54, 1.807) is 13.0 Å². The molecule has 1 aliphatic rings. The monoisotopic (exact) mass is 425 g/mol. The summed E-state index contributed by atoms with van der Waals surface area (Å²) in [5.41, 5.74) is 2.74. The van der Waals surface area contributed by atoms with E-state index < -0.39 is 0 Å². The predicted molar refractivity (Wildman–Crippen MR) is 116 cm³/mol. The molecule has 1 unspecified atom stereocenters. The Labute approximate surface area is 180 Å². The molecular formula is C23H24ClN3O3. The van der Waals surface area contributed by atoms with Crippen LogP contribution in [0.4, 0.5) is 0 Å². The highest BCUT2D eigenvalue weighted by Gasteiger charge is 2.24. The maximum absolute atomic E-state index is 12.9. The van der Waals surface area contributed by atoms with Crippen LogP contribution in [0.5, 0.6) is 0 Å². The lowest BCUT2D eigenvalue weighted by atomic mass is 10.1. The Morgan fingerprint density at radius 2 is 1.97 bits per heavy atom. The van der Waals surface area contributed by atoms with Crippen LogP contribution in [0.15, 0.2) is 59.1 Å². The highest BCUT2D eigenvalue weighted by Crippen LogP contribution is 2.31. The first-order valence-corrected chi connectivity index (χ1v) is 10.4. The average Bonchev–Trinajstić information content (AvgIpc) is 3.16. The van der Waals surface area contributed by atoms with E-state index in [9.17, 15) is 4.79 Å². The Balaban J connectivity index is 1.37. The third-order valence-corrected chi connectivity index (χ3v) is 5.58. The van der Waals surface area contributed by atoms with Crippen LogP contribution >= 0.6 is 11.6 Å². The molecule has 7 heteroatoms. The normalized spacial score (nSPS) is 17.1. The number of hydrogen-bond acceptors (Lipinski definition) is 5. The zero-order chi connectivity index (χ0) is 20.9. The number of ether oxygens (including phenoxy) is 1. The molecule has 30 heavy (non-hydrogen) atoms. The molecule has 1 atom stereocenters. The van der Waals surface area contributed by atoms with Crippen LogP contribution in [0.25, 0.3) is 11.3 Å². The summed E-state index contributed by atoms with van der Waals surface area (Å²) in [6.07, 6.45) is 0.0581. The van der Waals surface area contributed by atoms with E-state index in [1.807, 2.05) is 36.4 Å². The van der Waals surface area contributed by atoms with Crippen molar-refractivity contribution in [2.24, 2.45) is 0 Å². The lowest BCUT2D eigenvalue weighted by molar-refractivity contribution is -0.0293. The van der Waals surface area contributed by atoms with Crippen molar-refractivity contribution in [2.45, 2.75) is 13.0 Å². The molecule has 0 radical (unpaired) electrons. The number of benzene rings is 2. The molecule has 0 aliphatic carbocycles. The van der Waals surface area contributed by atoms with Gasteiger partial charge < -0.3 is 14.6 Å². The van der Waals surface area contributed by atoms with Gasteiger partial charge in [0.25, 0.3) is 5.91 Å². The van der Waals surface area contributed by atoms with Gasteiger partial charge in [0.15, 0.2) is 0 Å². The largest absolute Gasteiger partial charge is 0.371 e. The minimum Gasteiger partial charge on any atom is -0.371 e. The second kappa shape index (κ2) is 9.43. The first-order chi connectivity index (χ1) is 14.6. The standard InChI is InChI=1S/C23H24ClN3O3/c1-16-21(22(26-30-16)18-9-5-6-10-19(18)24)23(28)25-11-12-27-13-14-29-20(15-27)17-7-3-2-4-8-17/h2-10,20H,11-15H2,1H3,(H,25,28). The van der Waals surface area contributed by atoms with Gasteiger partial charge in [-0.3, -0.25) is 9.69 Å². The first kappa shape index (κ1) is 20.6. The van der Waals surface area contributed by atoms with Crippen LogP contribution in [-0.2, 0) is 4.74 Å². The molecule has 1 N–H and O–H groups in total. The van der Waals surface area contributed by atoms with Crippen LogP contribution in [0.2, 0.25) is 5.02 Å². The molecule has 2 aromatic carbocycles. The molecule has 6 nitrogen and oxygen atoms in total. The third kappa shape index (κ3) is 4.56. The Morgan fingerprint density at radius 3 is 2.77 bits per heavy atom. The summed E-state index contributed by atoms with van der Waals surface area (Å²) in [7, 11) is 0. The number of aromatic nitrogens is 1. The van der Waals surface area contributed by atoms with E-state index in [4.69, 9.17) is 20.9 Å². The minimum absolute atomic E-state index is 0.0581. The van der Waals surface area contributed by atoms with Crippen molar-refractivity contribution in [3.8, 4) is 11.3 Å². The van der Waals surface area contributed by atoms with Gasteiger partial charge in [0, 0.05) is 31.7 Å². The van der Waals surface area contributed by atoms with Gasteiger partial charge in [-0.25, -0.2) is 0 Å². The molecule has 2 heterocycles. The van der Waals surface area contributed by atoms with Gasteiger partial charge >= 0.3 is 0 Å². The van der Waals surface area contributed by atoms with Crippen LogP contribution in [-0.4, -0.2) is 48.7 Å². The van der Waals surface area contributed by atoms with Gasteiger partial charge in [0.05, 0.1) is 17.7 Å². The van der Waals surface area contributed by atoms with Crippen LogP contribution in [0.3, 0.4) is 0 Å². The van der Waals surface area contributed by atoms with Crippen molar-refractivity contribution >= 4 is 17.5 Å². The lowest BCUT2D eigenvalue weighted by Gasteiger charge is -2.33. The topological polar surface area (TPSA) is 67.6 Å². The summed E-state index contributed by atoms with van der Waals surface area (Å²) in [5.74, 6) is 0.259. The van der Waals surface area contributed by atoms with Crippen LogP contribution in [0, 0.1) is 6.92 Å². The molecule has 0 bridgehead atoms. The number of nitrogens with one attached hydrogen (secondary N) is 1. The molecule has 4 rings (SSSR count). The summed E-state index contributed by atoms with van der Waals surface area (Å²) >= 11 is 6.28. The molecule has 156 valence electrons. The fraction of sp³-hybridized carbons (Fsp3) is 0.304. The number of nitrogens with zero attached hydrogens (tertiary/aromatic N) is 2. The van der Waals surface area contributed by atoms with E-state index in [0.29, 0.717) is 40.8 Å². The summed E-state index contributed by atoms with van der Waals surface area (Å²) in [5, 5.41) is 7.58. The van der Waals surface area contributed by atoms with Gasteiger partial charge in [-0.1, -0.05) is 65.3 Å². The minimum atomic E-state index is -0.212. The fourth-order valence-electron chi connectivity index (χ4n) is 3.67. The molecule has 1 amide bonds. The van der Waals surface area contributed by atoms with Crippen molar-refractivity contribution in [3.63, 3.8) is 0 Å². The van der Waals surface area contributed by atoms with Gasteiger partial charge in [-0.2, -0.15) is 0 Å². The lowest BCUT2D eigenvalue weighted by Crippen LogP contribution is -2.42. The predicted octanol–water partition coefficient (Wildman–Crippen LogP) is 4.11. The Bertz CT molecular complexity index is 1010. The number of carbonyl (C=O) groups is 1. The van der Waals surface area contributed by atoms with Crippen molar-refractivity contribution in [3.05, 3.63) is 76.5 Å². The summed E-state index contributed by atoms with van der Waals surface area (Å²) in [4.78, 5) is 15.2. The molecular weight excluding hydrogens is 402 g/mol. The maximum Gasteiger partial charge on any atom is 0.257 e. The number of morpholine rings is 1. The molecule has 1 aromatic heterocycles. The quantitative estimate of drug-likeness (QED) is 0.643. The van der Waals surface area contributed by atoms with Gasteiger partial charge in [0.1, 0.15) is 17.0 Å². The Hall–Kier alpha value is -2.67. The second-order valence-electron chi connectivity index (χ2n) is 7.27. The molecule has 1 aliphatic heterocycles. The zero-order valence-corrected chi connectivity index (χ0v) is 17.6. The van der Waals surface area contributed by atoms with E-state index in [0.717, 1.165) is 19.6 Å². The molecule has 3 aromatic rings. The smallest absolute Gasteiger partial charge is 0.257 e. The SMILES string of the molecule is Cc1onc(-c2ccccc2Cl)c1C(=O)NCCN1CCOC(c2ccccc2)C1. The highest BCUT2D eigenvalue weighted by molar-refractivity contribution is 6.33. The molecule has 1 fully saturated rings. The summed E-state index contributed by atoms with van der Waals surface area (Å²) in [6, 6.07) is 17.5. The van der Waals surface area contributed by atoms with E-state index >= 15 is 0 Å². The van der Waals surface area contributed by atoms with Crippen molar-refractivity contribution in [1.29, 1.82) is 0 Å². The van der Waals surface area contributed by atoms with Gasteiger partial charge in [-0.15, -0.1) is 0 Å². The number of rotatable bonds is 6. The van der Waals surface area contributed by atoms with Gasteiger partial charge in [0.2, 0.25) is 0 Å². The van der Waals surface area contributed by atoms with E-state index in [-0.39, 0.29) is 12.0 Å². The molecule has 1 saturated heterocycles. The summed E-state index contributed by atoms with van der Waals surface area (Å²) in [6.45, 7) is 5.31. The van der Waals surface area contributed by atoms with Crippen LogP contribution < -0.4 is 5.32 Å². The second-order valence-corrected chi connectivity index (χ2v) is 7.68. The molecule has 0 spiro atoms. The first-order valence-electron chi connectivity index (χ1n) is 10.0. The highest BCUT2D eigenvalue weighted by atomic mass is 35.5. The zero-order valence-electron chi connectivity index (χ0n) is 16.8. The van der Waals surface area contributed by atoms with E-state index in [2.05, 4.69) is 27.5 Å². The van der Waals surface area contributed by atoms with Gasteiger partial charge in [-0.05, 0) is 18.6 Å². The number of hydrogen-bond donors (Lipinski definition) is 1. The maximum atomic E-state index is 12.9. The fourth-order valence-corrected chi connectivity index (χ4v) is 3.89. The molecule has 0 saturated carbocycles. The van der Waals surface area contributed by atoms with Crippen molar-refractivity contribution in [1.82, 2.24) is 15.4 Å². The Morgan fingerprint density at radius 1 is 1.20 bits per heavy atom. The Kier molecular flexibility index (Phi) is 6.47. The van der Waals surface area contributed by atoms with Crippen molar-refractivity contribution in [2.75, 3.05) is 32.8 Å². The van der Waals surface area contributed by atoms with Crippen molar-refractivity contribution < 1.29 is 14.1 Å². The summed E-state index contributed by atoms with van der Waals surface area (Å²) < 4.78 is 11.2. The third-order valence-electron chi connectivity index (χ3n) is 5.25. The number of carbonyl (C=O) groups excluding carboxylic acids is 1. The average molecular weight is 426 g/mol. The number of aryl methyl sites for hydroxylation is 1. The number of halogens is 1. The number of amides is 1. The van der Waals surface area contributed by atoms with E-state index in [1.165, 1.54) is 5.56 Å².